The fourth-order valence-electron chi connectivity index (χ4n) is 2.08. The first-order valence-corrected chi connectivity index (χ1v) is 6.50. The van der Waals surface area contributed by atoms with Gasteiger partial charge >= 0.3 is 5.97 Å². The molecule has 0 aliphatic carbocycles. The summed E-state index contributed by atoms with van der Waals surface area (Å²) in [6.45, 7) is 5.25. The number of carbonyl (C=O) groups excluding carboxylic acids is 2. The molecular formula is C13H23NO4. The van der Waals surface area contributed by atoms with Gasteiger partial charge < -0.3 is 14.8 Å². The van der Waals surface area contributed by atoms with Crippen molar-refractivity contribution in [3.8, 4) is 0 Å². The lowest BCUT2D eigenvalue weighted by atomic mass is 9.97. The van der Waals surface area contributed by atoms with Crippen LogP contribution in [0.3, 0.4) is 0 Å². The summed E-state index contributed by atoms with van der Waals surface area (Å²) in [5.74, 6) is -0.152. The van der Waals surface area contributed by atoms with Crippen molar-refractivity contribution in [1.29, 1.82) is 0 Å². The molecule has 1 heterocycles. The molecule has 1 aliphatic heterocycles. The maximum Gasteiger partial charge on any atom is 0.328 e. The Bertz CT molecular complexity index is 285. The number of rotatable bonds is 5. The second-order valence-electron chi connectivity index (χ2n) is 5.10. The molecule has 1 aliphatic rings. The Hall–Kier alpha value is -1.10. The van der Waals surface area contributed by atoms with Crippen LogP contribution in [0.15, 0.2) is 0 Å². The summed E-state index contributed by atoms with van der Waals surface area (Å²) in [7, 11) is 1.34. The van der Waals surface area contributed by atoms with E-state index in [2.05, 4.69) is 5.32 Å². The van der Waals surface area contributed by atoms with E-state index >= 15 is 0 Å². The van der Waals surface area contributed by atoms with Gasteiger partial charge in [0, 0.05) is 19.1 Å². The lowest BCUT2D eigenvalue weighted by Gasteiger charge is -2.24. The van der Waals surface area contributed by atoms with Gasteiger partial charge in [-0.3, -0.25) is 4.79 Å². The molecule has 5 heteroatoms. The number of ether oxygens (including phenoxy) is 2. The summed E-state index contributed by atoms with van der Waals surface area (Å²) in [5, 5.41) is 2.80. The molecule has 0 spiro atoms. The van der Waals surface area contributed by atoms with Crippen molar-refractivity contribution < 1.29 is 19.1 Å². The first kappa shape index (κ1) is 15.0. The van der Waals surface area contributed by atoms with Crippen LogP contribution in [0.4, 0.5) is 0 Å². The van der Waals surface area contributed by atoms with Gasteiger partial charge in [-0.25, -0.2) is 4.79 Å². The molecule has 5 nitrogen and oxygen atoms in total. The topological polar surface area (TPSA) is 64.6 Å². The Labute approximate surface area is 108 Å². The summed E-state index contributed by atoms with van der Waals surface area (Å²) in [6.07, 6.45) is 2.05. The van der Waals surface area contributed by atoms with Crippen LogP contribution in [0, 0.1) is 11.8 Å². The Morgan fingerprint density at radius 2 is 1.94 bits per heavy atom. The monoisotopic (exact) mass is 257 g/mol. The number of esters is 1. The molecule has 104 valence electrons. The molecule has 1 N–H and O–H groups in total. The largest absolute Gasteiger partial charge is 0.467 e. The molecule has 18 heavy (non-hydrogen) atoms. The lowest BCUT2D eigenvalue weighted by molar-refractivity contribution is -0.146. The van der Waals surface area contributed by atoms with E-state index in [1.165, 1.54) is 7.11 Å². The van der Waals surface area contributed by atoms with Crippen molar-refractivity contribution in [2.24, 2.45) is 11.8 Å². The molecular weight excluding hydrogens is 234 g/mol. The van der Waals surface area contributed by atoms with E-state index < -0.39 is 6.04 Å². The Balaban J connectivity index is 2.52. The van der Waals surface area contributed by atoms with Crippen LogP contribution in [0.1, 0.15) is 33.1 Å². The zero-order chi connectivity index (χ0) is 13.5. The molecule has 0 bridgehead atoms. The second kappa shape index (κ2) is 7.36. The van der Waals surface area contributed by atoms with E-state index in [-0.39, 0.29) is 17.8 Å². The summed E-state index contributed by atoms with van der Waals surface area (Å²) >= 11 is 0. The lowest BCUT2D eigenvalue weighted by Crippen LogP contribution is -2.45. The Morgan fingerprint density at radius 1 is 1.33 bits per heavy atom. The molecule has 0 saturated carbocycles. The summed E-state index contributed by atoms with van der Waals surface area (Å²) < 4.78 is 9.94. The molecule has 0 unspecified atom stereocenters. The van der Waals surface area contributed by atoms with Gasteiger partial charge in [0.2, 0.25) is 5.91 Å². The van der Waals surface area contributed by atoms with Crippen molar-refractivity contribution in [3.63, 3.8) is 0 Å². The molecule has 1 saturated heterocycles. The van der Waals surface area contributed by atoms with Crippen LogP contribution >= 0.6 is 0 Å². The standard InChI is InChI=1S/C13H23NO4/c1-9(2)8-11(13(16)17-3)14-12(15)10-4-6-18-7-5-10/h9-11H,4-8H2,1-3H3,(H,14,15)/t11-/m0/s1. The predicted octanol–water partition coefficient (Wildman–Crippen LogP) is 1.12. The average Bonchev–Trinajstić information content (AvgIpc) is 2.37. The third kappa shape index (κ3) is 4.64. The van der Waals surface area contributed by atoms with E-state index in [9.17, 15) is 9.59 Å². The van der Waals surface area contributed by atoms with Gasteiger partial charge in [-0.2, -0.15) is 0 Å². The van der Waals surface area contributed by atoms with Crippen molar-refractivity contribution in [2.45, 2.75) is 39.2 Å². The van der Waals surface area contributed by atoms with Crippen LogP contribution in [-0.2, 0) is 19.1 Å². The van der Waals surface area contributed by atoms with Gasteiger partial charge in [0.05, 0.1) is 7.11 Å². The van der Waals surface area contributed by atoms with Crippen molar-refractivity contribution in [2.75, 3.05) is 20.3 Å². The number of methoxy groups -OCH3 is 1. The normalized spacial score (nSPS) is 18.4. The zero-order valence-electron chi connectivity index (χ0n) is 11.4. The fourth-order valence-corrected chi connectivity index (χ4v) is 2.08. The molecule has 1 atom stereocenters. The van der Waals surface area contributed by atoms with Crippen LogP contribution < -0.4 is 5.32 Å². The van der Waals surface area contributed by atoms with Gasteiger partial charge in [-0.15, -0.1) is 0 Å². The highest BCUT2D eigenvalue weighted by Gasteiger charge is 2.27. The minimum absolute atomic E-state index is 0.0435. The molecule has 1 fully saturated rings. The zero-order valence-corrected chi connectivity index (χ0v) is 11.4. The summed E-state index contributed by atoms with van der Waals surface area (Å²) in [6, 6.07) is -0.537. The third-order valence-corrected chi connectivity index (χ3v) is 3.10. The molecule has 1 rings (SSSR count). The third-order valence-electron chi connectivity index (χ3n) is 3.10. The minimum Gasteiger partial charge on any atom is -0.467 e. The Kier molecular flexibility index (Phi) is 6.12. The molecule has 0 aromatic rings. The number of amides is 1. The number of hydrogen-bond donors (Lipinski definition) is 1. The van der Waals surface area contributed by atoms with Crippen LogP contribution in [0.25, 0.3) is 0 Å². The van der Waals surface area contributed by atoms with E-state index in [0.29, 0.717) is 25.6 Å². The number of nitrogens with one attached hydrogen (secondary N) is 1. The van der Waals surface area contributed by atoms with Gasteiger partial charge in [-0.05, 0) is 25.2 Å². The van der Waals surface area contributed by atoms with E-state index in [1.807, 2.05) is 13.8 Å². The van der Waals surface area contributed by atoms with Gasteiger partial charge in [0.25, 0.3) is 0 Å². The smallest absolute Gasteiger partial charge is 0.328 e. The van der Waals surface area contributed by atoms with Gasteiger partial charge in [-0.1, -0.05) is 13.8 Å². The molecule has 0 aromatic heterocycles. The number of carbonyl (C=O) groups is 2. The molecule has 0 aromatic carbocycles. The minimum atomic E-state index is -0.537. The van der Waals surface area contributed by atoms with Crippen LogP contribution in [0.5, 0.6) is 0 Å². The van der Waals surface area contributed by atoms with Gasteiger partial charge in [0.15, 0.2) is 0 Å². The van der Waals surface area contributed by atoms with E-state index in [4.69, 9.17) is 9.47 Å². The van der Waals surface area contributed by atoms with E-state index in [0.717, 1.165) is 12.8 Å². The highest BCUT2D eigenvalue weighted by molar-refractivity contribution is 5.85. The summed E-state index contributed by atoms with van der Waals surface area (Å²) in [5.41, 5.74) is 0. The highest BCUT2D eigenvalue weighted by atomic mass is 16.5. The summed E-state index contributed by atoms with van der Waals surface area (Å²) in [4.78, 5) is 23.6. The second-order valence-corrected chi connectivity index (χ2v) is 5.10. The predicted molar refractivity (Wildman–Crippen MR) is 66.9 cm³/mol. The average molecular weight is 257 g/mol. The first-order chi connectivity index (χ1) is 8.54. The van der Waals surface area contributed by atoms with Gasteiger partial charge in [0.1, 0.15) is 6.04 Å². The van der Waals surface area contributed by atoms with Crippen molar-refractivity contribution in [1.82, 2.24) is 5.32 Å². The Morgan fingerprint density at radius 3 is 2.44 bits per heavy atom. The van der Waals surface area contributed by atoms with Crippen molar-refractivity contribution >= 4 is 11.9 Å². The quantitative estimate of drug-likeness (QED) is 0.749. The van der Waals surface area contributed by atoms with E-state index in [1.54, 1.807) is 0 Å². The SMILES string of the molecule is COC(=O)[C@H](CC(C)C)NC(=O)C1CCOCC1. The molecule has 1 amide bonds. The number of hydrogen-bond acceptors (Lipinski definition) is 4. The fraction of sp³-hybridized carbons (Fsp3) is 0.846. The highest BCUT2D eigenvalue weighted by Crippen LogP contribution is 2.16. The maximum atomic E-state index is 12.0. The maximum absolute atomic E-state index is 12.0. The van der Waals surface area contributed by atoms with Crippen molar-refractivity contribution in [3.05, 3.63) is 0 Å². The van der Waals surface area contributed by atoms with Crippen LogP contribution in [-0.4, -0.2) is 38.2 Å². The first-order valence-electron chi connectivity index (χ1n) is 6.50. The molecule has 0 radical (unpaired) electrons. The van der Waals surface area contributed by atoms with Crippen LogP contribution in [0.2, 0.25) is 0 Å².